The average molecular weight is 229 g/mol. The summed E-state index contributed by atoms with van der Waals surface area (Å²) in [6.45, 7) is 7.83. The Kier molecular flexibility index (Phi) is 6.53. The number of carbonyl (C=O) groups is 1. The first-order chi connectivity index (χ1) is 7.43. The van der Waals surface area contributed by atoms with Crippen LogP contribution in [0.4, 0.5) is 0 Å². The third-order valence-corrected chi connectivity index (χ3v) is 2.78. The molecule has 0 bridgehead atoms. The summed E-state index contributed by atoms with van der Waals surface area (Å²) in [4.78, 5) is 11.8. The normalized spacial score (nSPS) is 15.9. The van der Waals surface area contributed by atoms with Crippen LogP contribution in [0.2, 0.25) is 0 Å². The predicted octanol–water partition coefficient (Wildman–Crippen LogP) is 1.31. The zero-order chi connectivity index (χ0) is 12.7. The Labute approximate surface area is 97.1 Å². The van der Waals surface area contributed by atoms with Crippen LogP contribution < -0.4 is 11.1 Å². The van der Waals surface area contributed by atoms with Gasteiger partial charge in [0, 0.05) is 5.92 Å². The number of hydrogen-bond donors (Lipinski definition) is 3. The van der Waals surface area contributed by atoms with E-state index in [1.54, 1.807) is 0 Å². The fraction of sp³-hybridized carbons (Fsp3) is 0.818. The molecular formula is C11H23N3O2. The SMILES string of the molecule is CCCC(NC(=O)C(C)C(C)C)C(N)=NO. The van der Waals surface area contributed by atoms with Gasteiger partial charge in [-0.3, -0.25) is 4.79 Å². The van der Waals surface area contributed by atoms with Gasteiger partial charge in [0.05, 0.1) is 6.04 Å². The Morgan fingerprint density at radius 3 is 2.38 bits per heavy atom. The van der Waals surface area contributed by atoms with Crippen molar-refractivity contribution in [2.45, 2.75) is 46.6 Å². The first kappa shape index (κ1) is 14.7. The summed E-state index contributed by atoms with van der Waals surface area (Å²) in [6.07, 6.45) is 1.53. The number of hydrogen-bond acceptors (Lipinski definition) is 3. The molecule has 0 aromatic heterocycles. The first-order valence-electron chi connectivity index (χ1n) is 5.71. The van der Waals surface area contributed by atoms with E-state index < -0.39 is 0 Å². The molecule has 0 aromatic carbocycles. The molecule has 5 nitrogen and oxygen atoms in total. The Morgan fingerprint density at radius 1 is 1.44 bits per heavy atom. The van der Waals surface area contributed by atoms with Gasteiger partial charge in [0.1, 0.15) is 0 Å². The van der Waals surface area contributed by atoms with Crippen LogP contribution >= 0.6 is 0 Å². The van der Waals surface area contributed by atoms with Gasteiger partial charge in [-0.25, -0.2) is 0 Å². The summed E-state index contributed by atoms with van der Waals surface area (Å²) in [5, 5.41) is 14.3. The second kappa shape index (κ2) is 7.09. The van der Waals surface area contributed by atoms with Crippen LogP contribution in [0.1, 0.15) is 40.5 Å². The van der Waals surface area contributed by atoms with Gasteiger partial charge < -0.3 is 16.3 Å². The van der Waals surface area contributed by atoms with E-state index in [1.807, 2.05) is 27.7 Å². The quantitative estimate of drug-likeness (QED) is 0.278. The number of amides is 1. The lowest BCUT2D eigenvalue weighted by Crippen LogP contribution is -2.47. The van der Waals surface area contributed by atoms with Gasteiger partial charge in [-0.05, 0) is 12.3 Å². The molecule has 0 rings (SSSR count). The molecule has 0 aromatic rings. The van der Waals surface area contributed by atoms with Gasteiger partial charge in [0.25, 0.3) is 0 Å². The zero-order valence-electron chi connectivity index (χ0n) is 10.5. The van der Waals surface area contributed by atoms with Gasteiger partial charge in [-0.15, -0.1) is 0 Å². The lowest BCUT2D eigenvalue weighted by Gasteiger charge is -2.21. The molecule has 4 N–H and O–H groups in total. The maximum absolute atomic E-state index is 11.8. The van der Waals surface area contributed by atoms with Gasteiger partial charge in [-0.2, -0.15) is 0 Å². The van der Waals surface area contributed by atoms with Crippen LogP contribution in [-0.2, 0) is 4.79 Å². The molecule has 2 atom stereocenters. The highest BCUT2D eigenvalue weighted by atomic mass is 16.4. The van der Waals surface area contributed by atoms with Crippen LogP contribution in [0.25, 0.3) is 0 Å². The van der Waals surface area contributed by atoms with Crippen LogP contribution in [0, 0.1) is 11.8 Å². The molecule has 94 valence electrons. The molecule has 0 spiro atoms. The van der Waals surface area contributed by atoms with Crippen molar-refractivity contribution in [3.05, 3.63) is 0 Å². The lowest BCUT2D eigenvalue weighted by atomic mass is 9.96. The first-order valence-corrected chi connectivity index (χ1v) is 5.71. The summed E-state index contributed by atoms with van der Waals surface area (Å²) in [5.74, 6) is 0.201. The Bertz CT molecular complexity index is 252. The molecule has 0 saturated carbocycles. The van der Waals surface area contributed by atoms with Crippen molar-refractivity contribution >= 4 is 11.7 Å². The zero-order valence-corrected chi connectivity index (χ0v) is 10.5. The third kappa shape index (κ3) is 4.51. The minimum absolute atomic E-state index is 0.0555. The number of nitrogens with two attached hydrogens (primary N) is 1. The number of carbonyl (C=O) groups excluding carboxylic acids is 1. The van der Waals surface area contributed by atoms with Crippen molar-refractivity contribution in [2.24, 2.45) is 22.7 Å². The molecule has 16 heavy (non-hydrogen) atoms. The highest BCUT2D eigenvalue weighted by molar-refractivity contribution is 5.90. The van der Waals surface area contributed by atoms with Gasteiger partial charge in [-0.1, -0.05) is 39.3 Å². The highest BCUT2D eigenvalue weighted by Gasteiger charge is 2.21. The fourth-order valence-electron chi connectivity index (χ4n) is 1.26. The van der Waals surface area contributed by atoms with Crippen LogP contribution in [0.3, 0.4) is 0 Å². The molecule has 0 heterocycles. The van der Waals surface area contributed by atoms with Crippen LogP contribution in [0.5, 0.6) is 0 Å². The van der Waals surface area contributed by atoms with Crippen molar-refractivity contribution in [1.82, 2.24) is 5.32 Å². The van der Waals surface area contributed by atoms with Crippen molar-refractivity contribution in [3.8, 4) is 0 Å². The van der Waals surface area contributed by atoms with Crippen LogP contribution in [0.15, 0.2) is 5.16 Å². The predicted molar refractivity (Wildman–Crippen MR) is 64.2 cm³/mol. The van der Waals surface area contributed by atoms with Crippen molar-refractivity contribution < 1.29 is 10.0 Å². The third-order valence-electron chi connectivity index (χ3n) is 2.78. The Balaban J connectivity index is 4.46. The van der Waals surface area contributed by atoms with E-state index in [-0.39, 0.29) is 29.6 Å². The summed E-state index contributed by atoms with van der Waals surface area (Å²) >= 11 is 0. The molecule has 0 aliphatic heterocycles. The molecule has 2 unspecified atom stereocenters. The van der Waals surface area contributed by atoms with Crippen molar-refractivity contribution in [3.63, 3.8) is 0 Å². The van der Waals surface area contributed by atoms with E-state index in [1.165, 1.54) is 0 Å². The molecule has 1 amide bonds. The summed E-state index contributed by atoms with van der Waals surface area (Å²) in [7, 11) is 0. The van der Waals surface area contributed by atoms with E-state index >= 15 is 0 Å². The Hall–Kier alpha value is -1.26. The lowest BCUT2D eigenvalue weighted by molar-refractivity contribution is -0.126. The number of nitrogens with one attached hydrogen (secondary N) is 1. The van der Waals surface area contributed by atoms with E-state index in [9.17, 15) is 4.79 Å². The second-order valence-corrected chi connectivity index (χ2v) is 4.41. The minimum Gasteiger partial charge on any atom is -0.409 e. The smallest absolute Gasteiger partial charge is 0.223 e. The summed E-state index contributed by atoms with van der Waals surface area (Å²) < 4.78 is 0. The molecule has 0 aliphatic carbocycles. The second-order valence-electron chi connectivity index (χ2n) is 4.41. The van der Waals surface area contributed by atoms with Gasteiger partial charge >= 0.3 is 0 Å². The van der Waals surface area contributed by atoms with Crippen molar-refractivity contribution in [1.29, 1.82) is 0 Å². The van der Waals surface area contributed by atoms with E-state index in [2.05, 4.69) is 10.5 Å². The topological polar surface area (TPSA) is 87.7 Å². The molecule has 0 fully saturated rings. The van der Waals surface area contributed by atoms with E-state index in [4.69, 9.17) is 10.9 Å². The maximum Gasteiger partial charge on any atom is 0.223 e. The number of oxime groups is 1. The molecule has 0 aliphatic rings. The Morgan fingerprint density at radius 2 is 2.00 bits per heavy atom. The monoisotopic (exact) mass is 229 g/mol. The largest absolute Gasteiger partial charge is 0.409 e. The minimum atomic E-state index is -0.372. The highest BCUT2D eigenvalue weighted by Crippen LogP contribution is 2.10. The van der Waals surface area contributed by atoms with Crippen LogP contribution in [-0.4, -0.2) is 23.0 Å². The number of nitrogens with zero attached hydrogens (tertiary/aromatic N) is 1. The number of rotatable bonds is 6. The standard InChI is InChI=1S/C11H23N3O2/c1-5-6-9(10(12)14-16)13-11(15)8(4)7(2)3/h7-9,16H,5-6H2,1-4H3,(H2,12,14)(H,13,15). The summed E-state index contributed by atoms with van der Waals surface area (Å²) in [5.41, 5.74) is 5.51. The number of amidine groups is 1. The van der Waals surface area contributed by atoms with E-state index in [0.29, 0.717) is 6.42 Å². The molecular weight excluding hydrogens is 206 g/mol. The van der Waals surface area contributed by atoms with Crippen molar-refractivity contribution in [2.75, 3.05) is 0 Å². The molecule has 0 saturated heterocycles. The molecule has 5 heteroatoms. The fourth-order valence-corrected chi connectivity index (χ4v) is 1.26. The van der Waals surface area contributed by atoms with E-state index in [0.717, 1.165) is 6.42 Å². The van der Waals surface area contributed by atoms with Gasteiger partial charge in [0.2, 0.25) is 5.91 Å². The maximum atomic E-state index is 11.8. The van der Waals surface area contributed by atoms with Gasteiger partial charge in [0.15, 0.2) is 5.84 Å². The summed E-state index contributed by atoms with van der Waals surface area (Å²) in [6, 6.07) is -0.372. The molecule has 0 radical (unpaired) electrons. The average Bonchev–Trinajstić information content (AvgIpc) is 2.25.